The molecule has 1 aromatic heterocycles. The van der Waals surface area contributed by atoms with E-state index in [9.17, 15) is 0 Å². The van der Waals surface area contributed by atoms with Crippen molar-refractivity contribution in [1.29, 1.82) is 5.26 Å². The molecule has 3 nitrogen and oxygen atoms in total. The molecule has 0 N–H and O–H groups in total. The molecule has 11 heavy (non-hydrogen) atoms. The Labute approximate surface area is 66.3 Å². The van der Waals surface area contributed by atoms with E-state index >= 15 is 0 Å². The number of aryl methyl sites for hydroxylation is 2. The first-order chi connectivity index (χ1) is 5.16. The molecule has 0 unspecified atom stereocenters. The van der Waals surface area contributed by atoms with Crippen LogP contribution in [0.1, 0.15) is 17.0 Å². The summed E-state index contributed by atoms with van der Waals surface area (Å²) in [6, 6.07) is 2.12. The minimum Gasteiger partial charge on any atom is -0.271 e. The summed E-state index contributed by atoms with van der Waals surface area (Å²) in [7, 11) is 1.87. The third kappa shape index (κ3) is 1.25. The van der Waals surface area contributed by atoms with Crippen molar-refractivity contribution in [2.45, 2.75) is 20.3 Å². The van der Waals surface area contributed by atoms with Crippen LogP contribution in [0.2, 0.25) is 0 Å². The minimum atomic E-state index is 0.448. The topological polar surface area (TPSA) is 41.6 Å². The van der Waals surface area contributed by atoms with Gasteiger partial charge < -0.3 is 0 Å². The average molecular weight is 149 g/mol. The molecule has 0 aliphatic rings. The maximum atomic E-state index is 8.49. The number of nitriles is 1. The number of rotatable bonds is 1. The van der Waals surface area contributed by atoms with Crippen molar-refractivity contribution in [3.63, 3.8) is 0 Å². The minimum absolute atomic E-state index is 0.448. The molecule has 0 aromatic carbocycles. The lowest BCUT2D eigenvalue weighted by Gasteiger charge is -1.95. The van der Waals surface area contributed by atoms with Crippen LogP contribution in [0.4, 0.5) is 0 Å². The van der Waals surface area contributed by atoms with Crippen LogP contribution < -0.4 is 0 Å². The van der Waals surface area contributed by atoms with Gasteiger partial charge in [0.2, 0.25) is 0 Å². The Balaban J connectivity index is 3.14. The average Bonchev–Trinajstić information content (AvgIpc) is 2.17. The molecule has 0 spiro atoms. The highest BCUT2D eigenvalue weighted by atomic mass is 15.3. The molecule has 1 aromatic rings. The van der Waals surface area contributed by atoms with Gasteiger partial charge >= 0.3 is 0 Å². The standard InChI is InChI=1S/C8H11N3/c1-6-7(2)10-11(3)8(6)4-5-9/h4H2,1-3H3. The fraction of sp³-hybridized carbons (Fsp3) is 0.500. The summed E-state index contributed by atoms with van der Waals surface area (Å²) >= 11 is 0. The third-order valence-electron chi connectivity index (χ3n) is 1.91. The van der Waals surface area contributed by atoms with Crippen molar-refractivity contribution in [2.24, 2.45) is 7.05 Å². The second-order valence-corrected chi connectivity index (χ2v) is 2.62. The maximum Gasteiger partial charge on any atom is 0.0774 e. The van der Waals surface area contributed by atoms with Crippen LogP contribution in [-0.2, 0) is 13.5 Å². The Morgan fingerprint density at radius 1 is 1.55 bits per heavy atom. The monoisotopic (exact) mass is 149 g/mol. The Kier molecular flexibility index (Phi) is 1.95. The van der Waals surface area contributed by atoms with Crippen LogP contribution in [0.5, 0.6) is 0 Å². The molecular weight excluding hydrogens is 138 g/mol. The van der Waals surface area contributed by atoms with Crippen LogP contribution in [0.15, 0.2) is 0 Å². The van der Waals surface area contributed by atoms with Gasteiger partial charge in [0.1, 0.15) is 0 Å². The largest absolute Gasteiger partial charge is 0.271 e. The Morgan fingerprint density at radius 3 is 2.55 bits per heavy atom. The summed E-state index contributed by atoms with van der Waals surface area (Å²) in [5.41, 5.74) is 3.16. The zero-order valence-corrected chi connectivity index (χ0v) is 7.05. The lowest BCUT2D eigenvalue weighted by atomic mass is 10.2. The molecule has 0 aliphatic carbocycles. The van der Waals surface area contributed by atoms with Crippen LogP contribution in [0.3, 0.4) is 0 Å². The molecule has 1 rings (SSSR count). The van der Waals surface area contributed by atoms with E-state index in [0.717, 1.165) is 17.0 Å². The maximum absolute atomic E-state index is 8.49. The van der Waals surface area contributed by atoms with Crippen molar-refractivity contribution in [3.05, 3.63) is 17.0 Å². The number of hydrogen-bond donors (Lipinski definition) is 0. The van der Waals surface area contributed by atoms with Crippen molar-refractivity contribution in [3.8, 4) is 6.07 Å². The molecular formula is C8H11N3. The summed E-state index contributed by atoms with van der Waals surface area (Å²) in [5.74, 6) is 0. The summed E-state index contributed by atoms with van der Waals surface area (Å²) < 4.78 is 1.77. The lowest BCUT2D eigenvalue weighted by molar-refractivity contribution is 0.720. The third-order valence-corrected chi connectivity index (χ3v) is 1.91. The van der Waals surface area contributed by atoms with Crippen molar-refractivity contribution in [1.82, 2.24) is 9.78 Å². The van der Waals surface area contributed by atoms with Crippen LogP contribution in [-0.4, -0.2) is 9.78 Å². The summed E-state index contributed by atoms with van der Waals surface area (Å²) in [6.45, 7) is 3.95. The first kappa shape index (κ1) is 7.80. The van der Waals surface area contributed by atoms with Gasteiger partial charge in [-0.25, -0.2) is 0 Å². The van der Waals surface area contributed by atoms with E-state index in [-0.39, 0.29) is 0 Å². The van der Waals surface area contributed by atoms with Gasteiger partial charge in [-0.3, -0.25) is 4.68 Å². The zero-order valence-electron chi connectivity index (χ0n) is 7.05. The smallest absolute Gasteiger partial charge is 0.0774 e. The molecule has 0 amide bonds. The SMILES string of the molecule is Cc1nn(C)c(CC#N)c1C. The van der Waals surface area contributed by atoms with Gasteiger partial charge in [0.15, 0.2) is 0 Å². The Bertz CT molecular complexity index is 304. The Hall–Kier alpha value is -1.30. The van der Waals surface area contributed by atoms with E-state index in [1.165, 1.54) is 0 Å². The first-order valence-corrected chi connectivity index (χ1v) is 3.53. The van der Waals surface area contributed by atoms with Gasteiger partial charge in [0.25, 0.3) is 0 Å². The van der Waals surface area contributed by atoms with E-state index in [2.05, 4.69) is 11.2 Å². The number of aromatic nitrogens is 2. The highest BCUT2D eigenvalue weighted by molar-refractivity contribution is 5.25. The molecule has 0 aliphatic heterocycles. The molecule has 0 bridgehead atoms. The van der Waals surface area contributed by atoms with Crippen LogP contribution in [0.25, 0.3) is 0 Å². The molecule has 58 valence electrons. The molecule has 0 fully saturated rings. The van der Waals surface area contributed by atoms with Gasteiger partial charge in [-0.2, -0.15) is 10.4 Å². The van der Waals surface area contributed by atoms with Gasteiger partial charge in [-0.05, 0) is 19.4 Å². The van der Waals surface area contributed by atoms with Crippen LogP contribution >= 0.6 is 0 Å². The lowest BCUT2D eigenvalue weighted by Crippen LogP contribution is -1.97. The van der Waals surface area contributed by atoms with Gasteiger partial charge in [0, 0.05) is 7.05 Å². The van der Waals surface area contributed by atoms with Gasteiger partial charge in [0.05, 0.1) is 23.9 Å². The molecule has 0 atom stereocenters. The number of hydrogen-bond acceptors (Lipinski definition) is 2. The second kappa shape index (κ2) is 2.75. The fourth-order valence-electron chi connectivity index (χ4n) is 1.13. The zero-order chi connectivity index (χ0) is 8.43. The number of nitrogens with zero attached hydrogens (tertiary/aromatic N) is 3. The molecule has 0 radical (unpaired) electrons. The first-order valence-electron chi connectivity index (χ1n) is 3.53. The van der Waals surface area contributed by atoms with Gasteiger partial charge in [-0.15, -0.1) is 0 Å². The Morgan fingerprint density at radius 2 is 2.18 bits per heavy atom. The highest BCUT2D eigenvalue weighted by Crippen LogP contribution is 2.10. The van der Waals surface area contributed by atoms with E-state index in [1.54, 1.807) is 4.68 Å². The van der Waals surface area contributed by atoms with Crippen molar-refractivity contribution < 1.29 is 0 Å². The predicted molar refractivity (Wildman–Crippen MR) is 42.0 cm³/mol. The van der Waals surface area contributed by atoms with E-state index < -0.39 is 0 Å². The van der Waals surface area contributed by atoms with Crippen molar-refractivity contribution in [2.75, 3.05) is 0 Å². The molecule has 1 heterocycles. The van der Waals surface area contributed by atoms with Crippen LogP contribution in [0, 0.1) is 25.2 Å². The normalized spacial score (nSPS) is 9.64. The van der Waals surface area contributed by atoms with Crippen molar-refractivity contribution >= 4 is 0 Å². The summed E-state index contributed by atoms with van der Waals surface area (Å²) in [4.78, 5) is 0. The molecule has 0 saturated carbocycles. The fourth-order valence-corrected chi connectivity index (χ4v) is 1.13. The highest BCUT2D eigenvalue weighted by Gasteiger charge is 2.06. The van der Waals surface area contributed by atoms with E-state index in [0.29, 0.717) is 6.42 Å². The summed E-state index contributed by atoms with van der Waals surface area (Å²) in [5, 5.41) is 12.7. The van der Waals surface area contributed by atoms with Gasteiger partial charge in [-0.1, -0.05) is 0 Å². The van der Waals surface area contributed by atoms with E-state index in [4.69, 9.17) is 5.26 Å². The second-order valence-electron chi connectivity index (χ2n) is 2.62. The quantitative estimate of drug-likeness (QED) is 0.600. The predicted octanol–water partition coefficient (Wildman–Crippen LogP) is 1.10. The summed E-state index contributed by atoms with van der Waals surface area (Å²) in [6.07, 6.45) is 0.448. The molecule has 0 saturated heterocycles. The van der Waals surface area contributed by atoms with E-state index in [1.807, 2.05) is 20.9 Å². The molecule has 3 heteroatoms.